The van der Waals surface area contributed by atoms with Gasteiger partial charge in [0.05, 0.1) is 17.7 Å². The van der Waals surface area contributed by atoms with Crippen LogP contribution < -0.4 is 9.47 Å². The minimum atomic E-state index is -4.92. The molecule has 0 saturated heterocycles. The molecule has 0 fully saturated rings. The number of rotatable bonds is 4. The second-order valence-corrected chi connectivity index (χ2v) is 4.91. The second-order valence-electron chi connectivity index (χ2n) is 4.91. The highest BCUT2D eigenvalue weighted by atomic mass is 19.4. The van der Waals surface area contributed by atoms with E-state index in [-0.39, 0.29) is 19.1 Å². The topological polar surface area (TPSA) is 36.2 Å². The molecule has 1 heterocycles. The first kappa shape index (κ1) is 17.9. The number of pyridine rings is 1. The molecule has 0 radical (unpaired) electrons. The summed E-state index contributed by atoms with van der Waals surface area (Å²) in [6, 6.07) is 4.10. The van der Waals surface area contributed by atoms with Gasteiger partial charge in [0.25, 0.3) is 0 Å². The van der Waals surface area contributed by atoms with Gasteiger partial charge in [0.2, 0.25) is 0 Å². The smallest absolute Gasteiger partial charge is 0.416 e. The summed E-state index contributed by atoms with van der Waals surface area (Å²) in [6.07, 6.45) is -7.22. The van der Waals surface area contributed by atoms with E-state index < -0.39 is 29.2 Å². The first-order chi connectivity index (χ1) is 11.1. The van der Waals surface area contributed by atoms with E-state index in [0.29, 0.717) is 22.4 Å². The monoisotopic (exact) mass is 351 g/mol. The van der Waals surface area contributed by atoms with Gasteiger partial charge in [-0.25, -0.2) is 0 Å². The van der Waals surface area contributed by atoms with E-state index >= 15 is 0 Å². The lowest BCUT2D eigenvalue weighted by Crippen LogP contribution is -2.25. The highest BCUT2D eigenvalue weighted by Crippen LogP contribution is 2.38. The van der Waals surface area contributed by atoms with Gasteiger partial charge in [-0.05, 0) is 24.3 Å². The van der Waals surface area contributed by atoms with Crippen LogP contribution in [0.3, 0.4) is 0 Å². The van der Waals surface area contributed by atoms with Crippen molar-refractivity contribution in [3.05, 3.63) is 64.6 Å². The maximum absolute atomic E-state index is 12.7. The second kappa shape index (κ2) is 6.58. The molecule has 2 rings (SSSR count). The van der Waals surface area contributed by atoms with E-state index in [9.17, 15) is 31.5 Å². The largest absolute Gasteiger partial charge is 0.619 e. The van der Waals surface area contributed by atoms with E-state index in [0.717, 1.165) is 0 Å². The lowest BCUT2D eigenvalue weighted by molar-refractivity contribution is -0.605. The molecule has 0 aliphatic carbocycles. The summed E-state index contributed by atoms with van der Waals surface area (Å²) in [4.78, 5) is 0. The average molecular weight is 351 g/mol. The molecule has 0 aliphatic rings. The van der Waals surface area contributed by atoms with Crippen LogP contribution in [0.15, 0.2) is 42.7 Å². The zero-order chi connectivity index (χ0) is 18.0. The van der Waals surface area contributed by atoms with Crippen LogP contribution in [0.2, 0.25) is 0 Å². The van der Waals surface area contributed by atoms with Gasteiger partial charge >= 0.3 is 12.4 Å². The van der Waals surface area contributed by atoms with Crippen LogP contribution in [0.4, 0.5) is 26.3 Å². The number of benzene rings is 1. The molecule has 0 atom stereocenters. The Morgan fingerprint density at radius 3 is 2.04 bits per heavy atom. The molecule has 24 heavy (non-hydrogen) atoms. The molecule has 9 heteroatoms. The van der Waals surface area contributed by atoms with Crippen molar-refractivity contribution in [2.75, 3.05) is 6.61 Å². The van der Waals surface area contributed by atoms with E-state index in [2.05, 4.69) is 0 Å². The Balaban J connectivity index is 2.17. The highest BCUT2D eigenvalue weighted by molar-refractivity contribution is 5.37. The Kier molecular flexibility index (Phi) is 4.91. The van der Waals surface area contributed by atoms with Crippen molar-refractivity contribution in [2.45, 2.75) is 18.8 Å². The molecule has 3 nitrogen and oxygen atoms in total. The SMILES string of the molecule is [O-][n+]1cccc(CCOc2cc(C(F)(F)F)cc(C(F)(F)F)c2)c1. The van der Waals surface area contributed by atoms with E-state index in [4.69, 9.17) is 4.74 Å². The summed E-state index contributed by atoms with van der Waals surface area (Å²) < 4.78 is 81.8. The van der Waals surface area contributed by atoms with Crippen LogP contribution >= 0.6 is 0 Å². The third kappa shape index (κ3) is 4.77. The zero-order valence-corrected chi connectivity index (χ0v) is 12.0. The maximum Gasteiger partial charge on any atom is 0.416 e. The van der Waals surface area contributed by atoms with E-state index in [1.54, 1.807) is 6.07 Å². The van der Waals surface area contributed by atoms with Crippen molar-refractivity contribution >= 4 is 0 Å². The number of nitrogens with zero attached hydrogens (tertiary/aromatic N) is 1. The van der Waals surface area contributed by atoms with Gasteiger partial charge in [0, 0.05) is 18.1 Å². The van der Waals surface area contributed by atoms with Crippen LogP contribution in [0.5, 0.6) is 5.75 Å². The Bertz CT molecular complexity index is 680. The molecule has 1 aromatic carbocycles. The normalized spacial score (nSPS) is 12.2. The molecular weight excluding hydrogens is 340 g/mol. The summed E-state index contributed by atoms with van der Waals surface area (Å²) in [7, 11) is 0. The Hall–Kier alpha value is -2.45. The van der Waals surface area contributed by atoms with Gasteiger partial charge in [0.15, 0.2) is 12.4 Å². The van der Waals surface area contributed by atoms with Crippen LogP contribution in [-0.4, -0.2) is 6.61 Å². The molecule has 0 amide bonds. The fraction of sp³-hybridized carbons (Fsp3) is 0.267. The number of hydrogen-bond acceptors (Lipinski definition) is 2. The van der Waals surface area contributed by atoms with Crippen LogP contribution in [0.25, 0.3) is 0 Å². The van der Waals surface area contributed by atoms with Gasteiger partial charge in [-0.15, -0.1) is 0 Å². The summed E-state index contributed by atoms with van der Waals surface area (Å²) in [5, 5.41) is 11.1. The predicted octanol–water partition coefficient (Wildman–Crippen LogP) is 3.98. The molecule has 0 aliphatic heterocycles. The Morgan fingerprint density at radius 2 is 1.54 bits per heavy atom. The lowest BCUT2D eigenvalue weighted by Gasteiger charge is -2.14. The van der Waals surface area contributed by atoms with Crippen molar-refractivity contribution < 1.29 is 35.8 Å². The van der Waals surface area contributed by atoms with Crippen molar-refractivity contribution in [3.8, 4) is 5.75 Å². The van der Waals surface area contributed by atoms with Crippen molar-refractivity contribution in [1.29, 1.82) is 0 Å². The molecule has 0 N–H and O–H groups in total. The first-order valence-electron chi connectivity index (χ1n) is 6.66. The highest BCUT2D eigenvalue weighted by Gasteiger charge is 2.37. The fourth-order valence-corrected chi connectivity index (χ4v) is 1.95. The third-order valence-corrected chi connectivity index (χ3v) is 3.06. The molecule has 0 bridgehead atoms. The fourth-order valence-electron chi connectivity index (χ4n) is 1.95. The summed E-state index contributed by atoms with van der Waals surface area (Å²) in [5.41, 5.74) is -2.34. The molecule has 2 aromatic rings. The van der Waals surface area contributed by atoms with Gasteiger partial charge in [-0.2, -0.15) is 31.1 Å². The molecule has 0 unspecified atom stereocenters. The first-order valence-corrected chi connectivity index (χ1v) is 6.66. The number of alkyl halides is 6. The van der Waals surface area contributed by atoms with Crippen LogP contribution in [0, 0.1) is 5.21 Å². The predicted molar refractivity (Wildman–Crippen MR) is 71.0 cm³/mol. The quantitative estimate of drug-likeness (QED) is 0.475. The zero-order valence-electron chi connectivity index (χ0n) is 12.0. The van der Waals surface area contributed by atoms with Crippen molar-refractivity contribution in [3.63, 3.8) is 0 Å². The average Bonchev–Trinajstić information content (AvgIpc) is 2.45. The standard InChI is InChI=1S/C15H11F6NO2/c16-14(17,18)11-6-12(15(19,20)21)8-13(7-11)24-5-3-10-2-1-4-22(23)9-10/h1-2,4,6-9H,3,5H2. The van der Waals surface area contributed by atoms with Gasteiger partial charge < -0.3 is 9.94 Å². The van der Waals surface area contributed by atoms with Gasteiger partial charge in [0.1, 0.15) is 5.75 Å². The number of hydrogen-bond donors (Lipinski definition) is 0. The summed E-state index contributed by atoms with van der Waals surface area (Å²) in [6.45, 7) is -0.178. The van der Waals surface area contributed by atoms with Crippen LogP contribution in [-0.2, 0) is 18.8 Å². The number of ether oxygens (including phenoxy) is 1. The van der Waals surface area contributed by atoms with E-state index in [1.807, 2.05) is 0 Å². The van der Waals surface area contributed by atoms with Crippen molar-refractivity contribution in [1.82, 2.24) is 0 Å². The Labute approximate surface area is 132 Å². The van der Waals surface area contributed by atoms with Crippen LogP contribution in [0.1, 0.15) is 16.7 Å². The summed E-state index contributed by atoms with van der Waals surface area (Å²) >= 11 is 0. The minimum absolute atomic E-state index is 0.0321. The number of aromatic nitrogens is 1. The number of halogens is 6. The Morgan fingerprint density at radius 1 is 0.958 bits per heavy atom. The minimum Gasteiger partial charge on any atom is -0.619 e. The van der Waals surface area contributed by atoms with Gasteiger partial charge in [-0.3, -0.25) is 0 Å². The molecule has 1 aromatic heterocycles. The van der Waals surface area contributed by atoms with Gasteiger partial charge in [-0.1, -0.05) is 0 Å². The molecule has 130 valence electrons. The van der Waals surface area contributed by atoms with Crippen molar-refractivity contribution in [2.24, 2.45) is 0 Å². The molecular formula is C15H11F6NO2. The maximum atomic E-state index is 12.7. The lowest BCUT2D eigenvalue weighted by atomic mass is 10.1. The summed E-state index contributed by atoms with van der Waals surface area (Å²) in [5.74, 6) is -0.539. The molecule has 0 spiro atoms. The third-order valence-electron chi connectivity index (χ3n) is 3.06. The molecule has 0 saturated carbocycles. The van der Waals surface area contributed by atoms with E-state index in [1.165, 1.54) is 18.5 Å².